The summed E-state index contributed by atoms with van der Waals surface area (Å²) in [5, 5.41) is 8.31. The Labute approximate surface area is 76.6 Å². The van der Waals surface area contributed by atoms with Crippen LogP contribution in [0.1, 0.15) is 0 Å². The van der Waals surface area contributed by atoms with Gasteiger partial charge in [-0.15, -0.1) is 0 Å². The predicted molar refractivity (Wildman–Crippen MR) is 44.3 cm³/mol. The smallest absolute Gasteiger partial charge is 0.347 e. The van der Waals surface area contributed by atoms with Crippen molar-refractivity contribution >= 4 is 5.97 Å². The Morgan fingerprint density at radius 3 is 2.54 bits per heavy atom. The molecule has 0 heterocycles. The van der Waals surface area contributed by atoms with Crippen LogP contribution in [0.5, 0.6) is 0 Å². The highest BCUT2D eigenvalue weighted by Gasteiger charge is 2.10. The van der Waals surface area contributed by atoms with Crippen molar-refractivity contribution in [2.24, 2.45) is 5.73 Å². The number of carbonyl (C=O) groups is 1. The first-order valence-electron chi connectivity index (χ1n) is 3.85. The SMILES string of the molecule is COCCOCCO[C@H](N)C(=O)O. The van der Waals surface area contributed by atoms with Crippen LogP contribution in [0.2, 0.25) is 0 Å². The molecule has 0 aromatic rings. The van der Waals surface area contributed by atoms with Gasteiger partial charge in [0.15, 0.2) is 0 Å². The fraction of sp³-hybridized carbons (Fsp3) is 0.857. The predicted octanol–water partition coefficient (Wildman–Crippen LogP) is -0.965. The molecule has 0 aliphatic rings. The van der Waals surface area contributed by atoms with Crippen molar-refractivity contribution in [2.75, 3.05) is 33.5 Å². The molecule has 0 aliphatic carbocycles. The lowest BCUT2D eigenvalue weighted by atomic mass is 10.6. The molecule has 13 heavy (non-hydrogen) atoms. The van der Waals surface area contributed by atoms with Gasteiger partial charge in [0, 0.05) is 7.11 Å². The molecule has 0 spiro atoms. The van der Waals surface area contributed by atoms with E-state index in [-0.39, 0.29) is 6.61 Å². The molecule has 0 aromatic carbocycles. The minimum absolute atomic E-state index is 0.164. The maximum Gasteiger partial charge on any atom is 0.347 e. The van der Waals surface area contributed by atoms with Crippen LogP contribution >= 0.6 is 0 Å². The van der Waals surface area contributed by atoms with E-state index in [4.69, 9.17) is 25.1 Å². The van der Waals surface area contributed by atoms with Crippen LogP contribution in [0.3, 0.4) is 0 Å². The maximum absolute atomic E-state index is 10.2. The molecule has 0 unspecified atom stereocenters. The third-order valence-corrected chi connectivity index (χ3v) is 1.20. The zero-order valence-electron chi connectivity index (χ0n) is 7.56. The lowest BCUT2D eigenvalue weighted by Gasteiger charge is -2.08. The monoisotopic (exact) mass is 193 g/mol. The van der Waals surface area contributed by atoms with E-state index in [9.17, 15) is 4.79 Å². The summed E-state index contributed by atoms with van der Waals surface area (Å²) < 4.78 is 14.4. The summed E-state index contributed by atoms with van der Waals surface area (Å²) in [5.41, 5.74) is 5.06. The number of nitrogens with two attached hydrogens (primary N) is 1. The summed E-state index contributed by atoms with van der Waals surface area (Å²) >= 11 is 0. The van der Waals surface area contributed by atoms with E-state index in [1.54, 1.807) is 7.11 Å². The quantitative estimate of drug-likeness (QED) is 0.381. The van der Waals surface area contributed by atoms with E-state index in [0.717, 1.165) is 0 Å². The molecule has 6 nitrogen and oxygen atoms in total. The highest BCUT2D eigenvalue weighted by Crippen LogP contribution is 1.84. The van der Waals surface area contributed by atoms with E-state index in [1.807, 2.05) is 0 Å². The Balaban J connectivity index is 3.11. The van der Waals surface area contributed by atoms with Crippen molar-refractivity contribution in [2.45, 2.75) is 6.23 Å². The molecule has 0 saturated carbocycles. The number of hydrogen-bond acceptors (Lipinski definition) is 5. The van der Waals surface area contributed by atoms with Crippen molar-refractivity contribution in [3.63, 3.8) is 0 Å². The molecule has 0 fully saturated rings. The molecule has 0 saturated heterocycles. The summed E-state index contributed by atoms with van der Waals surface area (Å²) in [6.07, 6.45) is -1.27. The summed E-state index contributed by atoms with van der Waals surface area (Å²) in [4.78, 5) is 10.2. The molecule has 0 aromatic heterocycles. The zero-order chi connectivity index (χ0) is 10.1. The second-order valence-corrected chi connectivity index (χ2v) is 2.23. The fourth-order valence-electron chi connectivity index (χ4n) is 0.550. The summed E-state index contributed by atoms with van der Waals surface area (Å²) in [7, 11) is 1.57. The van der Waals surface area contributed by atoms with Gasteiger partial charge in [0.1, 0.15) is 0 Å². The average molecular weight is 193 g/mol. The van der Waals surface area contributed by atoms with Crippen molar-refractivity contribution < 1.29 is 24.1 Å². The fourth-order valence-corrected chi connectivity index (χ4v) is 0.550. The summed E-state index contributed by atoms with van der Waals surface area (Å²) in [6, 6.07) is 0. The van der Waals surface area contributed by atoms with Gasteiger partial charge in [-0.3, -0.25) is 5.73 Å². The van der Waals surface area contributed by atoms with Crippen LogP contribution in [0.15, 0.2) is 0 Å². The molecule has 0 bridgehead atoms. The number of carboxylic acid groups (broad SMARTS) is 1. The van der Waals surface area contributed by atoms with Gasteiger partial charge in [-0.2, -0.15) is 0 Å². The van der Waals surface area contributed by atoms with Crippen LogP contribution in [0, 0.1) is 0 Å². The first-order valence-corrected chi connectivity index (χ1v) is 3.85. The Morgan fingerprint density at radius 2 is 2.00 bits per heavy atom. The lowest BCUT2D eigenvalue weighted by Crippen LogP contribution is -2.34. The average Bonchev–Trinajstić information content (AvgIpc) is 2.10. The van der Waals surface area contributed by atoms with Crippen molar-refractivity contribution in [3.8, 4) is 0 Å². The summed E-state index contributed by atoms with van der Waals surface area (Å²) in [6.45, 7) is 1.44. The normalized spacial score (nSPS) is 12.8. The van der Waals surface area contributed by atoms with E-state index in [1.165, 1.54) is 0 Å². The Morgan fingerprint density at radius 1 is 1.38 bits per heavy atom. The largest absolute Gasteiger partial charge is 0.478 e. The van der Waals surface area contributed by atoms with E-state index in [0.29, 0.717) is 19.8 Å². The summed E-state index contributed by atoms with van der Waals surface area (Å²) in [5.74, 6) is -1.18. The molecule has 0 radical (unpaired) electrons. The van der Waals surface area contributed by atoms with Crippen LogP contribution < -0.4 is 5.73 Å². The molecule has 0 rings (SSSR count). The molecule has 6 heteroatoms. The number of carboxylic acids is 1. The number of aliphatic carboxylic acids is 1. The van der Waals surface area contributed by atoms with Gasteiger partial charge in [0.2, 0.25) is 6.23 Å². The third kappa shape index (κ3) is 7.66. The first-order chi connectivity index (χ1) is 6.18. The van der Waals surface area contributed by atoms with Gasteiger partial charge >= 0.3 is 5.97 Å². The molecule has 1 atom stereocenters. The van der Waals surface area contributed by atoms with Gasteiger partial charge in [0.05, 0.1) is 26.4 Å². The molecule has 78 valence electrons. The number of methoxy groups -OCH3 is 1. The second kappa shape index (κ2) is 7.93. The second-order valence-electron chi connectivity index (χ2n) is 2.23. The van der Waals surface area contributed by atoms with Crippen LogP contribution in [0.25, 0.3) is 0 Å². The van der Waals surface area contributed by atoms with Gasteiger partial charge in [-0.1, -0.05) is 0 Å². The first kappa shape index (κ1) is 12.3. The maximum atomic E-state index is 10.2. The van der Waals surface area contributed by atoms with Gasteiger partial charge in [0.25, 0.3) is 0 Å². The number of rotatable bonds is 8. The van der Waals surface area contributed by atoms with E-state index >= 15 is 0 Å². The molecular weight excluding hydrogens is 178 g/mol. The Kier molecular flexibility index (Phi) is 7.51. The topological polar surface area (TPSA) is 91.0 Å². The molecule has 0 aliphatic heterocycles. The molecular formula is C7H15NO5. The minimum Gasteiger partial charge on any atom is -0.478 e. The van der Waals surface area contributed by atoms with Crippen molar-refractivity contribution in [3.05, 3.63) is 0 Å². The van der Waals surface area contributed by atoms with Gasteiger partial charge < -0.3 is 19.3 Å². The number of hydrogen-bond donors (Lipinski definition) is 2. The van der Waals surface area contributed by atoms with Gasteiger partial charge in [-0.25, -0.2) is 4.79 Å². The van der Waals surface area contributed by atoms with Crippen molar-refractivity contribution in [1.82, 2.24) is 0 Å². The van der Waals surface area contributed by atoms with Gasteiger partial charge in [-0.05, 0) is 0 Å². The zero-order valence-corrected chi connectivity index (χ0v) is 7.56. The Hall–Kier alpha value is -0.690. The molecule has 3 N–H and O–H groups in total. The van der Waals surface area contributed by atoms with Crippen LogP contribution in [-0.2, 0) is 19.0 Å². The standard InChI is InChI=1S/C7H15NO5/c1-11-2-3-12-4-5-13-6(8)7(9)10/h6H,2-5,8H2,1H3,(H,9,10)/t6-/m0/s1. The number of ether oxygens (including phenoxy) is 3. The minimum atomic E-state index is -1.27. The van der Waals surface area contributed by atoms with Crippen molar-refractivity contribution in [1.29, 1.82) is 0 Å². The third-order valence-electron chi connectivity index (χ3n) is 1.20. The highest BCUT2D eigenvalue weighted by atomic mass is 16.6. The van der Waals surface area contributed by atoms with E-state index in [2.05, 4.69) is 0 Å². The lowest BCUT2D eigenvalue weighted by molar-refractivity contribution is -0.151. The Bertz CT molecular complexity index is 141. The van der Waals surface area contributed by atoms with Crippen LogP contribution in [0.4, 0.5) is 0 Å². The van der Waals surface area contributed by atoms with E-state index < -0.39 is 12.2 Å². The molecule has 0 amide bonds. The van der Waals surface area contributed by atoms with Crippen LogP contribution in [-0.4, -0.2) is 50.8 Å². The highest BCUT2D eigenvalue weighted by molar-refractivity contribution is 5.71.